The van der Waals surface area contributed by atoms with Gasteiger partial charge in [-0.2, -0.15) is 0 Å². The molecule has 6 nitrogen and oxygen atoms in total. The molecule has 2 aromatic carbocycles. The third kappa shape index (κ3) is 5.09. The summed E-state index contributed by atoms with van der Waals surface area (Å²) < 4.78 is 22.1. The quantitative estimate of drug-likeness (QED) is 0.750. The molecule has 0 aliphatic carbocycles. The van der Waals surface area contributed by atoms with Crippen molar-refractivity contribution < 1.29 is 29.2 Å². The number of thiocarbonyl (C=S) groups is 1. The van der Waals surface area contributed by atoms with Gasteiger partial charge >= 0.3 is 5.24 Å². The summed E-state index contributed by atoms with van der Waals surface area (Å²) in [6.45, 7) is 1.65. The van der Waals surface area contributed by atoms with E-state index in [1.807, 2.05) is 6.07 Å². The van der Waals surface area contributed by atoms with Gasteiger partial charge in [0.1, 0.15) is 17.6 Å². The zero-order chi connectivity index (χ0) is 19.4. The summed E-state index contributed by atoms with van der Waals surface area (Å²) >= 11 is 10.9. The summed E-state index contributed by atoms with van der Waals surface area (Å²) in [6.07, 6.45) is -5.17. The average Bonchev–Trinajstić information content (AvgIpc) is 2.66. The van der Waals surface area contributed by atoms with Crippen molar-refractivity contribution in [3.8, 4) is 11.5 Å². The van der Waals surface area contributed by atoms with Gasteiger partial charge in [0, 0.05) is 17.2 Å². The first-order valence-corrected chi connectivity index (χ1v) is 9.10. The minimum Gasteiger partial charge on any atom is -0.462 e. The third-order valence-electron chi connectivity index (χ3n) is 4.02. The molecule has 2 N–H and O–H groups in total. The first-order valence-electron chi connectivity index (χ1n) is 8.31. The first kappa shape index (κ1) is 19.9. The zero-order valence-corrected chi connectivity index (χ0v) is 16.0. The molecule has 27 heavy (non-hydrogen) atoms. The molecular formula is C19H19ClO6S. The maximum Gasteiger partial charge on any atom is 0.358 e. The maximum absolute atomic E-state index is 10.6. The molecule has 1 saturated heterocycles. The second-order valence-electron chi connectivity index (χ2n) is 6.01. The third-order valence-corrected chi connectivity index (χ3v) is 4.46. The lowest BCUT2D eigenvalue weighted by Crippen LogP contribution is -2.59. The van der Waals surface area contributed by atoms with Crippen LogP contribution in [0.5, 0.6) is 11.5 Å². The fraction of sp³-hybridized carbons (Fsp3) is 0.316. The Labute approximate surface area is 167 Å². The van der Waals surface area contributed by atoms with Gasteiger partial charge in [-0.1, -0.05) is 29.8 Å². The van der Waals surface area contributed by atoms with E-state index in [1.54, 1.807) is 55.5 Å². The van der Waals surface area contributed by atoms with Crippen molar-refractivity contribution in [2.24, 2.45) is 0 Å². The van der Waals surface area contributed by atoms with Crippen molar-refractivity contribution in [2.45, 2.75) is 37.6 Å². The largest absolute Gasteiger partial charge is 0.462 e. The lowest BCUT2D eigenvalue weighted by atomic mass is 10.00. The van der Waals surface area contributed by atoms with E-state index in [-0.39, 0.29) is 5.24 Å². The SMILES string of the molecule is C[C@@H]1O[C@H](Oc2ccccc2)[C@@H](O)[C@H](OC(=S)Oc2ccc(Cl)cc2)[C@@H]1O. The van der Waals surface area contributed by atoms with Gasteiger partial charge in [-0.15, -0.1) is 0 Å². The highest BCUT2D eigenvalue weighted by Gasteiger charge is 2.46. The Hall–Kier alpha value is -1.90. The average molecular weight is 411 g/mol. The fourth-order valence-electron chi connectivity index (χ4n) is 2.60. The fourth-order valence-corrected chi connectivity index (χ4v) is 2.93. The number of aliphatic hydroxyl groups is 2. The molecule has 0 saturated carbocycles. The van der Waals surface area contributed by atoms with Crippen LogP contribution in [-0.2, 0) is 9.47 Å². The summed E-state index contributed by atoms with van der Waals surface area (Å²) in [5.74, 6) is 0.939. The molecule has 1 heterocycles. The van der Waals surface area contributed by atoms with Crippen molar-refractivity contribution in [3.63, 3.8) is 0 Å². The maximum atomic E-state index is 10.6. The Kier molecular flexibility index (Phi) is 6.51. The van der Waals surface area contributed by atoms with Gasteiger partial charge in [0.15, 0.2) is 12.2 Å². The summed E-state index contributed by atoms with van der Waals surface area (Å²) in [4.78, 5) is 0. The van der Waals surface area contributed by atoms with Gasteiger partial charge in [-0.3, -0.25) is 0 Å². The van der Waals surface area contributed by atoms with Crippen LogP contribution in [0.3, 0.4) is 0 Å². The number of halogens is 1. The first-order chi connectivity index (χ1) is 12.9. The topological polar surface area (TPSA) is 77.4 Å². The Balaban J connectivity index is 1.66. The number of hydrogen-bond acceptors (Lipinski definition) is 7. The monoisotopic (exact) mass is 410 g/mol. The molecular weight excluding hydrogens is 392 g/mol. The molecule has 0 bridgehead atoms. The van der Waals surface area contributed by atoms with Gasteiger partial charge in [0.2, 0.25) is 6.29 Å². The molecule has 0 spiro atoms. The Morgan fingerprint density at radius 1 is 1.00 bits per heavy atom. The Bertz CT molecular complexity index is 757. The predicted octanol–water partition coefficient (Wildman–Crippen LogP) is 2.93. The van der Waals surface area contributed by atoms with E-state index < -0.39 is 30.7 Å². The molecule has 2 aromatic rings. The van der Waals surface area contributed by atoms with Crippen LogP contribution in [0, 0.1) is 0 Å². The standard InChI is InChI=1S/C19H19ClO6S/c1-11-15(21)17(26-19(27)25-14-9-7-12(20)8-10-14)16(22)18(23-11)24-13-5-3-2-4-6-13/h2-11,15-18,21-22H,1H3/t11-,15+,16-,17+,18+/m0/s1. The smallest absolute Gasteiger partial charge is 0.358 e. The molecule has 3 rings (SSSR count). The highest BCUT2D eigenvalue weighted by atomic mass is 35.5. The molecule has 8 heteroatoms. The van der Waals surface area contributed by atoms with Crippen LogP contribution in [0.15, 0.2) is 54.6 Å². The summed E-state index contributed by atoms with van der Waals surface area (Å²) in [5.41, 5.74) is 0. The molecule has 0 aromatic heterocycles. The van der Waals surface area contributed by atoms with Gasteiger partial charge in [0.25, 0.3) is 0 Å². The van der Waals surface area contributed by atoms with Gasteiger partial charge in [-0.05, 0) is 43.3 Å². The van der Waals surface area contributed by atoms with E-state index in [0.29, 0.717) is 16.5 Å². The van der Waals surface area contributed by atoms with Crippen molar-refractivity contribution in [1.82, 2.24) is 0 Å². The van der Waals surface area contributed by atoms with Crippen LogP contribution in [0.2, 0.25) is 5.02 Å². The van der Waals surface area contributed by atoms with Crippen LogP contribution in [0.1, 0.15) is 6.92 Å². The molecule has 1 aliphatic rings. The number of aliphatic hydroxyl groups excluding tert-OH is 2. The highest BCUT2D eigenvalue weighted by Crippen LogP contribution is 2.26. The normalized spacial score (nSPS) is 27.6. The predicted molar refractivity (Wildman–Crippen MR) is 103 cm³/mol. The lowest BCUT2D eigenvalue weighted by Gasteiger charge is -2.40. The van der Waals surface area contributed by atoms with Crippen molar-refractivity contribution >= 4 is 29.1 Å². The number of ether oxygens (including phenoxy) is 4. The minimum atomic E-state index is -1.29. The molecule has 0 unspecified atom stereocenters. The molecule has 5 atom stereocenters. The number of hydrogen-bond donors (Lipinski definition) is 2. The van der Waals surface area contributed by atoms with Gasteiger partial charge < -0.3 is 29.2 Å². The van der Waals surface area contributed by atoms with E-state index >= 15 is 0 Å². The molecule has 144 valence electrons. The summed E-state index contributed by atoms with van der Waals surface area (Å²) in [7, 11) is 0. The van der Waals surface area contributed by atoms with Gasteiger partial charge in [0.05, 0.1) is 6.10 Å². The number of benzene rings is 2. The van der Waals surface area contributed by atoms with Gasteiger partial charge in [-0.25, -0.2) is 0 Å². The van der Waals surface area contributed by atoms with Crippen LogP contribution >= 0.6 is 23.8 Å². The summed E-state index contributed by atoms with van der Waals surface area (Å²) in [6, 6.07) is 15.4. The van der Waals surface area contributed by atoms with Crippen LogP contribution in [0.4, 0.5) is 0 Å². The van der Waals surface area contributed by atoms with E-state index in [0.717, 1.165) is 0 Å². The highest BCUT2D eigenvalue weighted by molar-refractivity contribution is 7.79. The lowest BCUT2D eigenvalue weighted by molar-refractivity contribution is -0.266. The number of rotatable bonds is 4. The van der Waals surface area contributed by atoms with Crippen molar-refractivity contribution in [1.29, 1.82) is 0 Å². The van der Waals surface area contributed by atoms with E-state index in [9.17, 15) is 10.2 Å². The molecule has 0 radical (unpaired) electrons. The van der Waals surface area contributed by atoms with Crippen molar-refractivity contribution in [3.05, 3.63) is 59.6 Å². The number of para-hydroxylation sites is 1. The van der Waals surface area contributed by atoms with E-state index in [4.69, 9.17) is 42.8 Å². The van der Waals surface area contributed by atoms with Crippen LogP contribution in [0.25, 0.3) is 0 Å². The van der Waals surface area contributed by atoms with E-state index in [1.165, 1.54) is 0 Å². The Morgan fingerprint density at radius 3 is 2.33 bits per heavy atom. The van der Waals surface area contributed by atoms with Crippen LogP contribution < -0.4 is 9.47 Å². The van der Waals surface area contributed by atoms with E-state index in [2.05, 4.69) is 0 Å². The summed E-state index contributed by atoms with van der Waals surface area (Å²) in [5, 5.41) is 21.2. The second kappa shape index (κ2) is 8.86. The van der Waals surface area contributed by atoms with Crippen LogP contribution in [-0.4, -0.2) is 46.2 Å². The minimum absolute atomic E-state index is 0.243. The Morgan fingerprint density at radius 2 is 1.67 bits per heavy atom. The molecule has 1 fully saturated rings. The molecule has 1 aliphatic heterocycles. The zero-order valence-electron chi connectivity index (χ0n) is 14.4. The second-order valence-corrected chi connectivity index (χ2v) is 6.78. The molecule has 0 amide bonds. The van der Waals surface area contributed by atoms with Crippen molar-refractivity contribution in [2.75, 3.05) is 0 Å².